The number of halogens is 2. The van der Waals surface area contributed by atoms with E-state index in [0.29, 0.717) is 16.7 Å². The minimum Gasteiger partial charge on any atom is -0.325 e. The molecule has 0 spiro atoms. The van der Waals surface area contributed by atoms with Crippen LogP contribution in [0, 0.1) is 13.8 Å². The molecule has 0 aliphatic heterocycles. The number of hydrogen-bond donors (Lipinski definition) is 1. The third kappa shape index (κ3) is 4.85. The van der Waals surface area contributed by atoms with Gasteiger partial charge in [-0.2, -0.15) is 8.78 Å². The molecule has 1 heterocycles. The van der Waals surface area contributed by atoms with Crippen LogP contribution in [0.25, 0.3) is 5.69 Å². The molecule has 1 aromatic heterocycles. The molecule has 0 aliphatic rings. The highest BCUT2D eigenvalue weighted by atomic mass is 32.2. The maximum Gasteiger partial charge on any atom is 0.341 e. The second-order valence-electron chi connectivity index (χ2n) is 6.37. The lowest BCUT2D eigenvalue weighted by molar-refractivity contribution is -0.113. The van der Waals surface area contributed by atoms with Crippen molar-refractivity contribution in [3.05, 3.63) is 59.9 Å². The molecule has 0 atom stereocenters. The maximum atomic E-state index is 12.6. The first-order valence-corrected chi connectivity index (χ1v) is 11.3. The van der Waals surface area contributed by atoms with Crippen molar-refractivity contribution >= 4 is 33.2 Å². The molecular formula is C19H18F2N4O3S2. The fourth-order valence-corrected chi connectivity index (χ4v) is 4.18. The number of nitrogens with one attached hydrogen (secondary N) is 1. The van der Waals surface area contributed by atoms with Gasteiger partial charge in [0.05, 0.1) is 10.6 Å². The minimum absolute atomic E-state index is 0.0288. The zero-order valence-electron chi connectivity index (χ0n) is 16.0. The average molecular weight is 453 g/mol. The Kier molecular flexibility index (Phi) is 6.52. The Bertz CT molecular complexity index is 1160. The lowest BCUT2D eigenvalue weighted by atomic mass is 10.2. The van der Waals surface area contributed by atoms with Gasteiger partial charge in [0.1, 0.15) is 5.82 Å². The number of amides is 1. The zero-order chi connectivity index (χ0) is 21.9. The van der Waals surface area contributed by atoms with Crippen LogP contribution in [0.5, 0.6) is 0 Å². The van der Waals surface area contributed by atoms with Gasteiger partial charge in [-0.3, -0.25) is 9.36 Å². The van der Waals surface area contributed by atoms with E-state index in [4.69, 9.17) is 0 Å². The van der Waals surface area contributed by atoms with E-state index >= 15 is 0 Å². The highest BCUT2D eigenvalue weighted by molar-refractivity contribution is 7.99. The average Bonchev–Trinajstić information content (AvgIpc) is 3.07. The van der Waals surface area contributed by atoms with E-state index in [2.05, 4.69) is 15.5 Å². The largest absolute Gasteiger partial charge is 0.341 e. The maximum absolute atomic E-state index is 12.6. The van der Waals surface area contributed by atoms with Gasteiger partial charge in [0, 0.05) is 11.4 Å². The first-order valence-electron chi connectivity index (χ1n) is 8.72. The van der Waals surface area contributed by atoms with E-state index in [9.17, 15) is 22.0 Å². The van der Waals surface area contributed by atoms with E-state index in [1.165, 1.54) is 23.9 Å². The number of benzene rings is 2. The van der Waals surface area contributed by atoms with Crippen molar-refractivity contribution in [2.75, 3.05) is 11.1 Å². The number of aryl methyl sites for hydroxylation is 2. The lowest BCUT2D eigenvalue weighted by Crippen LogP contribution is -2.15. The number of rotatable bonds is 7. The van der Waals surface area contributed by atoms with E-state index in [-0.39, 0.29) is 11.7 Å². The van der Waals surface area contributed by atoms with Crippen LogP contribution in [0.4, 0.5) is 14.5 Å². The quantitative estimate of drug-likeness (QED) is 0.551. The van der Waals surface area contributed by atoms with Gasteiger partial charge < -0.3 is 5.32 Å². The summed E-state index contributed by atoms with van der Waals surface area (Å²) in [5, 5.41) is 11.3. The fraction of sp³-hybridized carbons (Fsp3) is 0.211. The smallest absolute Gasteiger partial charge is 0.325 e. The number of carbonyl (C=O) groups is 1. The molecule has 0 saturated carbocycles. The van der Waals surface area contributed by atoms with Gasteiger partial charge in [0.2, 0.25) is 15.7 Å². The first-order chi connectivity index (χ1) is 14.2. The monoisotopic (exact) mass is 452 g/mol. The van der Waals surface area contributed by atoms with Gasteiger partial charge in [-0.25, -0.2) is 8.42 Å². The zero-order valence-corrected chi connectivity index (χ0v) is 17.7. The Morgan fingerprint density at radius 2 is 1.83 bits per heavy atom. The van der Waals surface area contributed by atoms with Crippen molar-refractivity contribution in [1.29, 1.82) is 0 Å². The number of alkyl halides is 2. The van der Waals surface area contributed by atoms with Crippen molar-refractivity contribution < 1.29 is 22.0 Å². The summed E-state index contributed by atoms with van der Waals surface area (Å²) >= 11 is 1.19. The van der Waals surface area contributed by atoms with Crippen LogP contribution in [0.3, 0.4) is 0 Å². The van der Waals surface area contributed by atoms with Crippen LogP contribution in [-0.2, 0) is 14.6 Å². The Morgan fingerprint density at radius 3 is 2.47 bits per heavy atom. The molecule has 2 aromatic carbocycles. The molecule has 3 aromatic rings. The second-order valence-corrected chi connectivity index (χ2v) is 9.23. The standard InChI is InChI=1S/C19H18F2N4O3S2/c1-12-4-3-5-15(10-12)25-13(2)23-24-19(25)29-11-17(26)22-14-6-8-16(9-7-14)30(27,28)18(20)21/h3-10,18H,11H2,1-2H3,(H,22,26). The van der Waals surface area contributed by atoms with Gasteiger partial charge in [0.15, 0.2) is 5.16 Å². The number of sulfone groups is 1. The molecule has 0 bridgehead atoms. The number of aromatic nitrogens is 3. The SMILES string of the molecule is Cc1cccc(-n2c(C)nnc2SCC(=O)Nc2ccc(S(=O)(=O)C(F)F)cc2)c1. The van der Waals surface area contributed by atoms with Crippen LogP contribution < -0.4 is 5.32 Å². The molecule has 158 valence electrons. The Balaban J connectivity index is 1.66. The normalized spacial score (nSPS) is 11.6. The number of thioether (sulfide) groups is 1. The Hall–Kier alpha value is -2.79. The van der Waals surface area contributed by atoms with Crippen LogP contribution in [-0.4, -0.2) is 40.6 Å². The van der Waals surface area contributed by atoms with E-state index in [1.54, 1.807) is 0 Å². The molecule has 1 N–H and O–H groups in total. The molecule has 0 unspecified atom stereocenters. The summed E-state index contributed by atoms with van der Waals surface area (Å²) in [7, 11) is -4.67. The topological polar surface area (TPSA) is 93.9 Å². The van der Waals surface area contributed by atoms with Gasteiger partial charge in [-0.15, -0.1) is 10.2 Å². The first kappa shape index (κ1) is 21.9. The van der Waals surface area contributed by atoms with Crippen molar-refractivity contribution in [2.24, 2.45) is 0 Å². The summed E-state index contributed by atoms with van der Waals surface area (Å²) in [4.78, 5) is 11.7. The molecule has 3 rings (SSSR count). The molecule has 1 amide bonds. The third-order valence-corrected chi connectivity index (χ3v) is 6.42. The van der Waals surface area contributed by atoms with Crippen LogP contribution in [0.15, 0.2) is 58.6 Å². The molecule has 30 heavy (non-hydrogen) atoms. The number of carbonyl (C=O) groups excluding carboxylic acids is 1. The van der Waals surface area contributed by atoms with Crippen LogP contribution in [0.1, 0.15) is 11.4 Å². The van der Waals surface area contributed by atoms with Crippen LogP contribution >= 0.6 is 11.8 Å². The van der Waals surface area contributed by atoms with E-state index in [1.807, 2.05) is 42.7 Å². The third-order valence-electron chi connectivity index (χ3n) is 4.09. The van der Waals surface area contributed by atoms with Gasteiger partial charge in [-0.1, -0.05) is 23.9 Å². The summed E-state index contributed by atoms with van der Waals surface area (Å²) in [5.41, 5.74) is 2.26. The van der Waals surface area contributed by atoms with Gasteiger partial charge >= 0.3 is 5.76 Å². The summed E-state index contributed by atoms with van der Waals surface area (Å²) in [6, 6.07) is 12.4. The van der Waals surface area contributed by atoms with E-state index < -0.39 is 20.5 Å². The minimum atomic E-state index is -4.67. The highest BCUT2D eigenvalue weighted by Crippen LogP contribution is 2.23. The Morgan fingerprint density at radius 1 is 1.13 bits per heavy atom. The molecule has 0 fully saturated rings. The van der Waals surface area contributed by atoms with Gasteiger partial charge in [-0.05, 0) is 55.8 Å². The number of anilines is 1. The highest BCUT2D eigenvalue weighted by Gasteiger charge is 2.26. The van der Waals surface area contributed by atoms with Crippen molar-refractivity contribution in [2.45, 2.75) is 29.7 Å². The summed E-state index contributed by atoms with van der Waals surface area (Å²) in [5.74, 6) is -3.15. The Labute approximate surface area is 176 Å². The molecule has 7 nitrogen and oxygen atoms in total. The predicted molar refractivity (Wildman–Crippen MR) is 110 cm³/mol. The molecule has 11 heteroatoms. The number of hydrogen-bond acceptors (Lipinski definition) is 6. The predicted octanol–water partition coefficient (Wildman–Crippen LogP) is 3.61. The second kappa shape index (κ2) is 8.92. The summed E-state index contributed by atoms with van der Waals surface area (Å²) < 4.78 is 49.9. The molecule has 0 saturated heterocycles. The van der Waals surface area contributed by atoms with Gasteiger partial charge in [0.25, 0.3) is 0 Å². The van der Waals surface area contributed by atoms with Crippen molar-refractivity contribution in [1.82, 2.24) is 14.8 Å². The fourth-order valence-electron chi connectivity index (χ4n) is 2.66. The number of nitrogens with zero attached hydrogens (tertiary/aromatic N) is 3. The van der Waals surface area contributed by atoms with Crippen LogP contribution in [0.2, 0.25) is 0 Å². The summed E-state index contributed by atoms with van der Waals surface area (Å²) in [6.45, 7) is 3.79. The molecule has 0 radical (unpaired) electrons. The lowest BCUT2D eigenvalue weighted by Gasteiger charge is -2.10. The molecule has 0 aliphatic carbocycles. The van der Waals surface area contributed by atoms with Crippen molar-refractivity contribution in [3.8, 4) is 5.69 Å². The molecular weight excluding hydrogens is 434 g/mol. The summed E-state index contributed by atoms with van der Waals surface area (Å²) in [6.07, 6.45) is 0. The van der Waals surface area contributed by atoms with E-state index in [0.717, 1.165) is 23.4 Å². The van der Waals surface area contributed by atoms with Crippen molar-refractivity contribution in [3.63, 3.8) is 0 Å².